The van der Waals surface area contributed by atoms with Gasteiger partial charge < -0.3 is 5.11 Å². The first kappa shape index (κ1) is 11.2. The normalized spacial score (nSPS) is 10.8. The fraction of sp³-hybridized carbons (Fsp3) is 0. The Balaban J connectivity index is 3.12. The highest BCUT2D eigenvalue weighted by Gasteiger charge is 2.07. The number of carbonyl (C=O) groups is 1. The lowest BCUT2D eigenvalue weighted by Crippen LogP contribution is -1.88. The first-order valence-electron chi connectivity index (χ1n) is 3.57. The maximum absolute atomic E-state index is 13.2. The highest BCUT2D eigenvalue weighted by molar-refractivity contribution is 9.10. The van der Waals surface area contributed by atoms with Crippen LogP contribution in [0.25, 0.3) is 6.08 Å². The van der Waals surface area contributed by atoms with Crippen LogP contribution in [0.2, 0.25) is 5.02 Å². The van der Waals surface area contributed by atoms with E-state index in [1.54, 1.807) is 0 Å². The Morgan fingerprint density at radius 3 is 2.79 bits per heavy atom. The molecular formula is C9H5BrClFO2. The van der Waals surface area contributed by atoms with Gasteiger partial charge in [0.15, 0.2) is 5.82 Å². The average molecular weight is 279 g/mol. The molecule has 0 spiro atoms. The third-order valence-corrected chi connectivity index (χ3v) is 2.57. The zero-order chi connectivity index (χ0) is 10.7. The monoisotopic (exact) mass is 278 g/mol. The summed E-state index contributed by atoms with van der Waals surface area (Å²) in [6.45, 7) is 0. The first-order valence-corrected chi connectivity index (χ1v) is 4.74. The van der Waals surface area contributed by atoms with Crippen molar-refractivity contribution in [2.75, 3.05) is 0 Å². The molecule has 0 aromatic heterocycles. The van der Waals surface area contributed by atoms with Crippen LogP contribution in [-0.2, 0) is 4.79 Å². The van der Waals surface area contributed by atoms with E-state index in [-0.39, 0.29) is 9.50 Å². The lowest BCUT2D eigenvalue weighted by molar-refractivity contribution is -0.131. The minimum Gasteiger partial charge on any atom is -0.478 e. The number of rotatable bonds is 2. The molecular weight excluding hydrogens is 274 g/mol. The van der Waals surface area contributed by atoms with Crippen molar-refractivity contribution >= 4 is 39.6 Å². The lowest BCUT2D eigenvalue weighted by atomic mass is 10.2. The molecule has 5 heteroatoms. The molecule has 14 heavy (non-hydrogen) atoms. The molecule has 0 heterocycles. The van der Waals surface area contributed by atoms with Crippen molar-refractivity contribution in [1.82, 2.24) is 0 Å². The first-order chi connectivity index (χ1) is 6.52. The van der Waals surface area contributed by atoms with Crippen molar-refractivity contribution in [3.05, 3.63) is 39.1 Å². The Morgan fingerprint density at radius 1 is 1.57 bits per heavy atom. The van der Waals surface area contributed by atoms with Crippen LogP contribution in [-0.4, -0.2) is 11.1 Å². The third kappa shape index (κ3) is 2.56. The van der Waals surface area contributed by atoms with Gasteiger partial charge in [-0.3, -0.25) is 0 Å². The van der Waals surface area contributed by atoms with Gasteiger partial charge in [0.2, 0.25) is 0 Å². The minimum absolute atomic E-state index is 0.00986. The molecule has 0 atom stereocenters. The summed E-state index contributed by atoms with van der Waals surface area (Å²) in [5.74, 6) is -1.69. The van der Waals surface area contributed by atoms with E-state index < -0.39 is 11.8 Å². The molecule has 0 unspecified atom stereocenters. The second-order valence-corrected chi connectivity index (χ2v) is 3.64. The van der Waals surface area contributed by atoms with Gasteiger partial charge in [-0.1, -0.05) is 17.7 Å². The minimum atomic E-state index is -1.09. The molecule has 0 radical (unpaired) electrons. The molecule has 0 bridgehead atoms. The van der Waals surface area contributed by atoms with E-state index in [1.807, 2.05) is 0 Å². The van der Waals surface area contributed by atoms with Crippen LogP contribution in [0.4, 0.5) is 4.39 Å². The molecule has 1 aromatic rings. The predicted molar refractivity (Wildman–Crippen MR) is 55.8 cm³/mol. The van der Waals surface area contributed by atoms with E-state index >= 15 is 0 Å². The van der Waals surface area contributed by atoms with E-state index in [0.717, 1.165) is 6.08 Å². The van der Waals surface area contributed by atoms with Crippen LogP contribution in [0.3, 0.4) is 0 Å². The molecule has 0 amide bonds. The van der Waals surface area contributed by atoms with E-state index in [9.17, 15) is 9.18 Å². The van der Waals surface area contributed by atoms with Gasteiger partial charge in [0.1, 0.15) is 0 Å². The Bertz CT molecular complexity index is 404. The summed E-state index contributed by atoms with van der Waals surface area (Å²) in [4.78, 5) is 10.2. The molecule has 0 saturated carbocycles. The van der Waals surface area contributed by atoms with Gasteiger partial charge >= 0.3 is 5.97 Å². The summed E-state index contributed by atoms with van der Waals surface area (Å²) in [7, 11) is 0. The second kappa shape index (κ2) is 4.57. The number of hydrogen-bond acceptors (Lipinski definition) is 1. The number of carboxylic acid groups (broad SMARTS) is 1. The summed E-state index contributed by atoms with van der Waals surface area (Å²) in [5, 5.41) is 8.36. The number of halogens is 3. The van der Waals surface area contributed by atoms with Crippen molar-refractivity contribution in [3.63, 3.8) is 0 Å². The second-order valence-electron chi connectivity index (χ2n) is 2.44. The third-order valence-electron chi connectivity index (χ3n) is 1.47. The van der Waals surface area contributed by atoms with Crippen molar-refractivity contribution in [3.8, 4) is 0 Å². The summed E-state index contributed by atoms with van der Waals surface area (Å²) in [6, 6.07) is 2.89. The Labute approximate surface area is 93.1 Å². The SMILES string of the molecule is O=C(O)/C=C/c1ccc(Cl)c(F)c1Br. The fourth-order valence-electron chi connectivity index (χ4n) is 0.831. The van der Waals surface area contributed by atoms with Gasteiger partial charge in [0.25, 0.3) is 0 Å². The van der Waals surface area contributed by atoms with Crippen molar-refractivity contribution in [2.45, 2.75) is 0 Å². The quantitative estimate of drug-likeness (QED) is 0.666. The highest BCUT2D eigenvalue weighted by atomic mass is 79.9. The van der Waals surface area contributed by atoms with Gasteiger partial charge in [-0.15, -0.1) is 0 Å². The van der Waals surface area contributed by atoms with Gasteiger partial charge in [-0.05, 0) is 33.6 Å². The van der Waals surface area contributed by atoms with Crippen LogP contribution >= 0.6 is 27.5 Å². The largest absolute Gasteiger partial charge is 0.478 e. The number of hydrogen-bond donors (Lipinski definition) is 1. The van der Waals surface area contributed by atoms with E-state index in [1.165, 1.54) is 18.2 Å². The number of aliphatic carboxylic acids is 1. The van der Waals surface area contributed by atoms with Gasteiger partial charge in [0, 0.05) is 6.08 Å². The maximum atomic E-state index is 13.2. The molecule has 1 N–H and O–H groups in total. The molecule has 74 valence electrons. The van der Waals surface area contributed by atoms with Crippen molar-refractivity contribution in [1.29, 1.82) is 0 Å². The van der Waals surface area contributed by atoms with Gasteiger partial charge in [-0.25, -0.2) is 9.18 Å². The van der Waals surface area contributed by atoms with Crippen LogP contribution in [0, 0.1) is 5.82 Å². The lowest BCUT2D eigenvalue weighted by Gasteiger charge is -2.01. The summed E-state index contributed by atoms with van der Waals surface area (Å²) in [6.07, 6.45) is 2.21. The zero-order valence-electron chi connectivity index (χ0n) is 6.80. The topological polar surface area (TPSA) is 37.3 Å². The molecule has 0 aliphatic rings. The molecule has 0 saturated heterocycles. The average Bonchev–Trinajstić information content (AvgIpc) is 2.13. The standard InChI is InChI=1S/C9H5BrClFO2/c10-8-5(2-4-7(13)14)1-3-6(11)9(8)12/h1-4H,(H,13,14)/b4-2+. The van der Waals surface area contributed by atoms with Crippen molar-refractivity contribution < 1.29 is 14.3 Å². The van der Waals surface area contributed by atoms with Crippen LogP contribution in [0.5, 0.6) is 0 Å². The molecule has 2 nitrogen and oxygen atoms in total. The van der Waals surface area contributed by atoms with Crippen LogP contribution in [0.15, 0.2) is 22.7 Å². The zero-order valence-corrected chi connectivity index (χ0v) is 9.14. The van der Waals surface area contributed by atoms with E-state index in [0.29, 0.717) is 5.56 Å². The van der Waals surface area contributed by atoms with Crippen molar-refractivity contribution in [2.24, 2.45) is 0 Å². The summed E-state index contributed by atoms with van der Waals surface area (Å²) >= 11 is 8.48. The van der Waals surface area contributed by atoms with E-state index in [2.05, 4.69) is 15.9 Å². The molecule has 0 fully saturated rings. The number of carboxylic acids is 1. The summed E-state index contributed by atoms with van der Waals surface area (Å²) < 4.78 is 13.3. The summed E-state index contributed by atoms with van der Waals surface area (Å²) in [5.41, 5.74) is 0.425. The van der Waals surface area contributed by atoms with Gasteiger partial charge in [0.05, 0.1) is 9.50 Å². The Kier molecular flexibility index (Phi) is 3.66. The Morgan fingerprint density at radius 2 is 2.21 bits per heavy atom. The maximum Gasteiger partial charge on any atom is 0.328 e. The smallest absolute Gasteiger partial charge is 0.328 e. The molecule has 0 aliphatic heterocycles. The predicted octanol–water partition coefficient (Wildman–Crippen LogP) is 3.34. The fourth-order valence-corrected chi connectivity index (χ4v) is 1.58. The highest BCUT2D eigenvalue weighted by Crippen LogP contribution is 2.27. The van der Waals surface area contributed by atoms with E-state index in [4.69, 9.17) is 16.7 Å². The van der Waals surface area contributed by atoms with Crippen LogP contribution < -0.4 is 0 Å². The van der Waals surface area contributed by atoms with Gasteiger partial charge in [-0.2, -0.15) is 0 Å². The molecule has 1 rings (SSSR count). The molecule has 1 aromatic carbocycles. The van der Waals surface area contributed by atoms with Crippen LogP contribution in [0.1, 0.15) is 5.56 Å². The number of benzene rings is 1. The molecule has 0 aliphatic carbocycles. The Hall–Kier alpha value is -0.870.